The molecule has 0 unspecified atom stereocenters. The van der Waals surface area contributed by atoms with Gasteiger partial charge in [0.05, 0.1) is 12.7 Å². The van der Waals surface area contributed by atoms with Gasteiger partial charge in [-0.05, 0) is 53.1 Å². The molecule has 1 spiro atoms. The Hall–Kier alpha value is -4.06. The quantitative estimate of drug-likeness (QED) is 0.280. The Morgan fingerprint density at radius 2 is 1.66 bits per heavy atom. The molecule has 192 valence electrons. The molecule has 1 N–H and O–H groups in total. The molecule has 1 aliphatic carbocycles. The number of carbonyl (C=O) groups is 1. The van der Waals surface area contributed by atoms with Crippen LogP contribution in [0.25, 0.3) is 33.5 Å². The SMILES string of the molecule is CCCCC1=NC2(CCCC2)C(=O)N1Cc1ccc(-c2cc(-c3ccccc3)ccc2-c2cn[nH]n2)cc1. The maximum atomic E-state index is 13.5. The Balaban J connectivity index is 1.30. The third-order valence-electron chi connectivity index (χ3n) is 7.91. The first-order valence-electron chi connectivity index (χ1n) is 13.7. The molecule has 0 atom stereocenters. The molecular formula is C32H33N5O. The monoisotopic (exact) mass is 503 g/mol. The van der Waals surface area contributed by atoms with Crippen molar-refractivity contribution in [3.63, 3.8) is 0 Å². The summed E-state index contributed by atoms with van der Waals surface area (Å²) in [6.07, 6.45) is 8.74. The average Bonchev–Trinajstić information content (AvgIpc) is 3.72. The average molecular weight is 504 g/mol. The predicted octanol–water partition coefficient (Wildman–Crippen LogP) is 7.05. The van der Waals surface area contributed by atoms with Gasteiger partial charge in [0.15, 0.2) is 0 Å². The van der Waals surface area contributed by atoms with Crippen molar-refractivity contribution in [2.24, 2.45) is 4.99 Å². The van der Waals surface area contributed by atoms with Crippen LogP contribution < -0.4 is 0 Å². The minimum Gasteiger partial charge on any atom is -0.294 e. The summed E-state index contributed by atoms with van der Waals surface area (Å²) >= 11 is 0. The van der Waals surface area contributed by atoms with Crippen LogP contribution in [0.1, 0.15) is 57.4 Å². The van der Waals surface area contributed by atoms with Crippen LogP contribution in [0.5, 0.6) is 0 Å². The van der Waals surface area contributed by atoms with Crippen LogP contribution in [-0.4, -0.2) is 37.6 Å². The van der Waals surface area contributed by atoms with Crippen LogP contribution in [0.2, 0.25) is 0 Å². The zero-order valence-corrected chi connectivity index (χ0v) is 21.9. The number of aromatic amines is 1. The Kier molecular flexibility index (Phi) is 6.62. The summed E-state index contributed by atoms with van der Waals surface area (Å²) in [5.41, 5.74) is 6.98. The van der Waals surface area contributed by atoms with Gasteiger partial charge in [0, 0.05) is 12.0 Å². The predicted molar refractivity (Wildman–Crippen MR) is 151 cm³/mol. The molecular weight excluding hydrogens is 470 g/mol. The van der Waals surface area contributed by atoms with Gasteiger partial charge in [0.2, 0.25) is 0 Å². The van der Waals surface area contributed by atoms with E-state index in [0.717, 1.165) is 84.3 Å². The first-order valence-corrected chi connectivity index (χ1v) is 13.7. The number of nitrogens with zero attached hydrogens (tertiary/aromatic N) is 4. The molecule has 1 fully saturated rings. The fourth-order valence-corrected chi connectivity index (χ4v) is 5.82. The Labute approximate surface area is 223 Å². The van der Waals surface area contributed by atoms with Crippen LogP contribution in [0.4, 0.5) is 0 Å². The van der Waals surface area contributed by atoms with Crippen molar-refractivity contribution in [2.75, 3.05) is 0 Å². The molecule has 6 heteroatoms. The fourth-order valence-electron chi connectivity index (χ4n) is 5.82. The van der Waals surface area contributed by atoms with Crippen molar-refractivity contribution < 1.29 is 4.79 Å². The van der Waals surface area contributed by atoms with Gasteiger partial charge in [-0.2, -0.15) is 15.4 Å². The van der Waals surface area contributed by atoms with E-state index in [1.807, 2.05) is 11.0 Å². The van der Waals surface area contributed by atoms with E-state index < -0.39 is 5.54 Å². The van der Waals surface area contributed by atoms with E-state index in [-0.39, 0.29) is 5.91 Å². The molecule has 0 saturated heterocycles. The second-order valence-electron chi connectivity index (χ2n) is 10.4. The van der Waals surface area contributed by atoms with Gasteiger partial charge in [-0.15, -0.1) is 0 Å². The van der Waals surface area contributed by atoms with E-state index in [4.69, 9.17) is 4.99 Å². The Morgan fingerprint density at radius 1 is 0.895 bits per heavy atom. The maximum absolute atomic E-state index is 13.5. The van der Waals surface area contributed by atoms with Gasteiger partial charge in [-0.1, -0.05) is 92.9 Å². The van der Waals surface area contributed by atoms with Crippen molar-refractivity contribution in [3.8, 4) is 33.5 Å². The van der Waals surface area contributed by atoms with E-state index >= 15 is 0 Å². The summed E-state index contributed by atoms with van der Waals surface area (Å²) in [5, 5.41) is 11.1. The number of benzene rings is 3. The van der Waals surface area contributed by atoms with Crippen molar-refractivity contribution in [1.82, 2.24) is 20.3 Å². The number of amides is 1. The largest absolute Gasteiger partial charge is 0.294 e. The van der Waals surface area contributed by atoms with Crippen LogP contribution in [0.3, 0.4) is 0 Å². The number of rotatable bonds is 8. The van der Waals surface area contributed by atoms with E-state index in [1.165, 1.54) is 5.56 Å². The van der Waals surface area contributed by atoms with Crippen molar-refractivity contribution in [3.05, 3.63) is 84.6 Å². The maximum Gasteiger partial charge on any atom is 0.256 e. The van der Waals surface area contributed by atoms with Crippen LogP contribution in [-0.2, 0) is 11.3 Å². The highest BCUT2D eigenvalue weighted by molar-refractivity contribution is 6.08. The Bertz CT molecular complexity index is 1440. The van der Waals surface area contributed by atoms with Crippen molar-refractivity contribution in [1.29, 1.82) is 0 Å². The molecule has 1 saturated carbocycles. The van der Waals surface area contributed by atoms with Gasteiger partial charge in [0.1, 0.15) is 17.1 Å². The van der Waals surface area contributed by atoms with Crippen LogP contribution >= 0.6 is 0 Å². The number of aromatic nitrogens is 3. The van der Waals surface area contributed by atoms with E-state index in [1.54, 1.807) is 6.20 Å². The summed E-state index contributed by atoms with van der Waals surface area (Å²) in [6.45, 7) is 2.76. The topological polar surface area (TPSA) is 74.2 Å². The number of aliphatic imine (C=N–C) groups is 1. The van der Waals surface area contributed by atoms with E-state index in [0.29, 0.717) is 6.54 Å². The normalized spacial score (nSPS) is 16.4. The number of hydrogen-bond acceptors (Lipinski definition) is 4. The van der Waals surface area contributed by atoms with Crippen molar-refractivity contribution in [2.45, 2.75) is 64.0 Å². The molecule has 0 bridgehead atoms. The van der Waals surface area contributed by atoms with Crippen LogP contribution in [0.15, 0.2) is 84.0 Å². The number of carbonyl (C=O) groups excluding carboxylic acids is 1. The third-order valence-corrected chi connectivity index (χ3v) is 7.91. The highest BCUT2D eigenvalue weighted by Gasteiger charge is 2.49. The number of amidine groups is 1. The third kappa shape index (κ3) is 4.55. The second kappa shape index (κ2) is 10.4. The summed E-state index contributed by atoms with van der Waals surface area (Å²) in [7, 11) is 0. The standard InChI is InChI=1S/C32H33N5O/c1-2-3-11-30-34-32(18-7-8-19-32)31(38)37(30)22-23-12-14-25(15-13-23)28-20-26(24-9-5-4-6-10-24)16-17-27(28)29-21-33-36-35-29/h4-6,9-10,12-17,20-21H,2-3,7-8,11,18-19,22H2,1H3,(H,33,35,36). The molecule has 0 radical (unpaired) electrons. The zero-order valence-electron chi connectivity index (χ0n) is 21.9. The molecule has 2 aliphatic rings. The lowest BCUT2D eigenvalue weighted by Crippen LogP contribution is -2.40. The van der Waals surface area contributed by atoms with Gasteiger partial charge in [-0.25, -0.2) is 0 Å². The van der Waals surface area contributed by atoms with E-state index in [9.17, 15) is 4.79 Å². The number of nitrogens with one attached hydrogen (secondary N) is 1. The minimum atomic E-state index is -0.493. The summed E-state index contributed by atoms with van der Waals surface area (Å²) in [5.74, 6) is 1.18. The van der Waals surface area contributed by atoms with Gasteiger partial charge in [0.25, 0.3) is 5.91 Å². The molecule has 4 aromatic rings. The lowest BCUT2D eigenvalue weighted by molar-refractivity contribution is -0.131. The smallest absolute Gasteiger partial charge is 0.256 e. The molecule has 2 heterocycles. The highest BCUT2D eigenvalue weighted by atomic mass is 16.2. The van der Waals surface area contributed by atoms with Gasteiger partial charge < -0.3 is 0 Å². The lowest BCUT2D eigenvalue weighted by atomic mass is 9.93. The molecule has 1 amide bonds. The summed E-state index contributed by atoms with van der Waals surface area (Å²) in [6, 6.07) is 25.4. The fraction of sp³-hybridized carbons (Fsp3) is 0.312. The lowest BCUT2D eigenvalue weighted by Gasteiger charge is -2.23. The zero-order chi connectivity index (χ0) is 26.0. The molecule has 3 aromatic carbocycles. The molecule has 1 aliphatic heterocycles. The molecule has 38 heavy (non-hydrogen) atoms. The number of hydrogen-bond donors (Lipinski definition) is 1. The second-order valence-corrected chi connectivity index (χ2v) is 10.4. The van der Waals surface area contributed by atoms with E-state index in [2.05, 4.69) is 89.1 Å². The minimum absolute atomic E-state index is 0.203. The highest BCUT2D eigenvalue weighted by Crippen LogP contribution is 2.40. The number of unbranched alkanes of at least 4 members (excludes halogenated alkanes) is 1. The van der Waals surface area contributed by atoms with Gasteiger partial charge >= 0.3 is 0 Å². The van der Waals surface area contributed by atoms with Gasteiger partial charge in [-0.3, -0.25) is 14.7 Å². The first kappa shape index (κ1) is 24.3. The molecule has 6 nitrogen and oxygen atoms in total. The van der Waals surface area contributed by atoms with Crippen molar-refractivity contribution >= 4 is 11.7 Å². The molecule has 6 rings (SSSR count). The Morgan fingerprint density at radius 3 is 2.37 bits per heavy atom. The summed E-state index contributed by atoms with van der Waals surface area (Å²) < 4.78 is 0. The van der Waals surface area contributed by atoms with Crippen LogP contribution in [0, 0.1) is 0 Å². The summed E-state index contributed by atoms with van der Waals surface area (Å²) in [4.78, 5) is 20.5. The molecule has 1 aromatic heterocycles. The number of H-pyrrole nitrogens is 1. The first-order chi connectivity index (χ1) is 18.7.